The molecule has 238 valence electrons. The normalized spacial score (nSPS) is 12.5. The summed E-state index contributed by atoms with van der Waals surface area (Å²) in [5.74, 6) is -3.64. The van der Waals surface area contributed by atoms with Crippen LogP contribution in [-0.2, 0) is 28.5 Å². The SMILES string of the molecule is COC(=O)C(NC(=O)c1ccc(NC(=O)OC(C)(C)C)cc1)C(NC(=O)c1ccc(NC(=O)OC(C)(C)C)cc1)C(=O)OC. The highest BCUT2D eigenvalue weighted by Crippen LogP contribution is 2.15. The Morgan fingerprint density at radius 1 is 0.545 bits per heavy atom. The predicted octanol–water partition coefficient (Wildman–Crippen LogP) is 3.62. The smallest absolute Gasteiger partial charge is 0.412 e. The van der Waals surface area contributed by atoms with Crippen molar-refractivity contribution in [1.82, 2.24) is 10.6 Å². The molecule has 2 rings (SSSR count). The van der Waals surface area contributed by atoms with Crippen molar-refractivity contribution >= 4 is 47.3 Å². The van der Waals surface area contributed by atoms with Gasteiger partial charge in [-0.25, -0.2) is 19.2 Å². The van der Waals surface area contributed by atoms with Gasteiger partial charge in [0.15, 0.2) is 12.1 Å². The molecule has 0 aliphatic rings. The molecule has 0 spiro atoms. The highest BCUT2D eigenvalue weighted by molar-refractivity contribution is 6.02. The zero-order valence-electron chi connectivity index (χ0n) is 25.9. The molecule has 0 aromatic heterocycles. The Hall–Kier alpha value is -5.14. The third kappa shape index (κ3) is 11.3. The largest absolute Gasteiger partial charge is 0.467 e. The second-order valence-electron chi connectivity index (χ2n) is 11.4. The van der Waals surface area contributed by atoms with E-state index < -0.39 is 59.2 Å². The van der Waals surface area contributed by atoms with Crippen molar-refractivity contribution in [2.45, 2.75) is 64.8 Å². The number of rotatable bonds is 9. The van der Waals surface area contributed by atoms with Crippen LogP contribution >= 0.6 is 0 Å². The summed E-state index contributed by atoms with van der Waals surface area (Å²) in [6, 6.07) is 7.86. The molecule has 0 radical (unpaired) electrons. The number of hydrogen-bond acceptors (Lipinski definition) is 10. The van der Waals surface area contributed by atoms with Crippen LogP contribution in [0.1, 0.15) is 62.3 Å². The lowest BCUT2D eigenvalue weighted by Gasteiger charge is -2.25. The zero-order valence-corrected chi connectivity index (χ0v) is 25.9. The van der Waals surface area contributed by atoms with E-state index in [9.17, 15) is 28.8 Å². The highest BCUT2D eigenvalue weighted by atomic mass is 16.6. The van der Waals surface area contributed by atoms with Gasteiger partial charge in [0.2, 0.25) is 0 Å². The molecule has 14 heteroatoms. The van der Waals surface area contributed by atoms with E-state index in [2.05, 4.69) is 21.3 Å². The third-order valence-electron chi connectivity index (χ3n) is 5.40. The van der Waals surface area contributed by atoms with Gasteiger partial charge in [0.1, 0.15) is 11.2 Å². The molecule has 0 heterocycles. The summed E-state index contributed by atoms with van der Waals surface area (Å²) >= 11 is 0. The highest BCUT2D eigenvalue weighted by Gasteiger charge is 2.38. The van der Waals surface area contributed by atoms with Crippen LogP contribution in [0.15, 0.2) is 48.5 Å². The lowest BCUT2D eigenvalue weighted by atomic mass is 10.1. The van der Waals surface area contributed by atoms with Crippen molar-refractivity contribution in [1.29, 1.82) is 0 Å². The molecule has 0 aliphatic heterocycles. The monoisotopic (exact) mass is 614 g/mol. The molecule has 2 unspecified atom stereocenters. The predicted molar refractivity (Wildman–Crippen MR) is 159 cm³/mol. The standard InChI is InChI=1S/C30H38N4O10/c1-29(2,3)43-27(39)31-19-13-9-17(10-14-19)23(35)33-21(25(37)41-7)22(26(38)42-8)34-24(36)18-11-15-20(16-12-18)32-28(40)44-30(4,5)6/h9-16,21-22H,1-8H3,(H,31,39)(H,32,40)(H,33,35)(H,34,36). The van der Waals surface area contributed by atoms with Crippen molar-refractivity contribution in [2.75, 3.05) is 24.9 Å². The number of methoxy groups -OCH3 is 2. The van der Waals surface area contributed by atoms with Gasteiger partial charge in [-0.1, -0.05) is 0 Å². The van der Waals surface area contributed by atoms with Crippen molar-refractivity contribution in [3.63, 3.8) is 0 Å². The Morgan fingerprint density at radius 3 is 1.09 bits per heavy atom. The van der Waals surface area contributed by atoms with E-state index in [0.29, 0.717) is 11.4 Å². The van der Waals surface area contributed by atoms with E-state index >= 15 is 0 Å². The molecular formula is C30H38N4O10. The van der Waals surface area contributed by atoms with Crippen molar-refractivity contribution in [2.24, 2.45) is 0 Å². The molecule has 2 aromatic rings. The summed E-state index contributed by atoms with van der Waals surface area (Å²) < 4.78 is 19.9. The molecule has 0 fully saturated rings. The van der Waals surface area contributed by atoms with Crippen LogP contribution in [0.4, 0.5) is 21.0 Å². The molecule has 0 saturated carbocycles. The Morgan fingerprint density at radius 2 is 0.841 bits per heavy atom. The Labute approximate surface area is 255 Å². The van der Waals surface area contributed by atoms with Crippen LogP contribution in [0.5, 0.6) is 0 Å². The van der Waals surface area contributed by atoms with E-state index in [1.807, 2.05) is 0 Å². The molecular weight excluding hydrogens is 576 g/mol. The van der Waals surface area contributed by atoms with Gasteiger partial charge in [-0.3, -0.25) is 20.2 Å². The molecule has 2 atom stereocenters. The summed E-state index contributed by atoms with van der Waals surface area (Å²) in [6.07, 6.45) is -1.38. The number of hydrogen-bond donors (Lipinski definition) is 4. The Balaban J connectivity index is 2.19. The lowest BCUT2D eigenvalue weighted by Crippen LogP contribution is -2.59. The summed E-state index contributed by atoms with van der Waals surface area (Å²) in [5, 5.41) is 9.85. The molecule has 44 heavy (non-hydrogen) atoms. The molecule has 0 bridgehead atoms. The van der Waals surface area contributed by atoms with Crippen molar-refractivity contribution in [3.8, 4) is 0 Å². The van der Waals surface area contributed by atoms with Gasteiger partial charge in [0.25, 0.3) is 11.8 Å². The maximum atomic E-state index is 13.0. The van der Waals surface area contributed by atoms with E-state index in [1.54, 1.807) is 41.5 Å². The molecule has 4 amide bonds. The number of benzene rings is 2. The topological polar surface area (TPSA) is 187 Å². The fourth-order valence-electron chi connectivity index (χ4n) is 3.51. The first-order valence-corrected chi connectivity index (χ1v) is 13.4. The molecule has 4 N–H and O–H groups in total. The molecule has 2 aromatic carbocycles. The third-order valence-corrected chi connectivity index (χ3v) is 5.40. The van der Waals surface area contributed by atoms with Crippen LogP contribution in [0.3, 0.4) is 0 Å². The van der Waals surface area contributed by atoms with Gasteiger partial charge in [-0.05, 0) is 90.1 Å². The second kappa shape index (κ2) is 14.8. The minimum Gasteiger partial charge on any atom is -0.467 e. The average molecular weight is 615 g/mol. The number of amides is 4. The summed E-state index contributed by atoms with van der Waals surface area (Å²) in [4.78, 5) is 75.4. The first-order chi connectivity index (χ1) is 20.4. The second-order valence-corrected chi connectivity index (χ2v) is 11.4. The van der Waals surface area contributed by atoms with Gasteiger partial charge in [-0.2, -0.15) is 0 Å². The number of anilines is 2. The van der Waals surface area contributed by atoms with Gasteiger partial charge in [0, 0.05) is 22.5 Å². The maximum Gasteiger partial charge on any atom is 0.412 e. The van der Waals surface area contributed by atoms with Gasteiger partial charge in [0.05, 0.1) is 14.2 Å². The summed E-state index contributed by atoms with van der Waals surface area (Å²) in [5.41, 5.74) is -0.602. The average Bonchev–Trinajstić information content (AvgIpc) is 2.92. The fraction of sp³-hybridized carbons (Fsp3) is 0.400. The summed E-state index contributed by atoms with van der Waals surface area (Å²) in [7, 11) is 2.09. The first-order valence-electron chi connectivity index (χ1n) is 13.4. The van der Waals surface area contributed by atoms with E-state index in [0.717, 1.165) is 14.2 Å². The Kier molecular flexibility index (Phi) is 11.8. The van der Waals surface area contributed by atoms with Crippen LogP contribution in [0, 0.1) is 0 Å². The van der Waals surface area contributed by atoms with Crippen molar-refractivity contribution in [3.05, 3.63) is 59.7 Å². The van der Waals surface area contributed by atoms with Gasteiger partial charge < -0.3 is 29.6 Å². The Bertz CT molecular complexity index is 1250. The quantitative estimate of drug-likeness (QED) is 0.240. The minimum absolute atomic E-state index is 0.0664. The number of carbonyl (C=O) groups is 6. The van der Waals surface area contributed by atoms with Crippen LogP contribution in [0.25, 0.3) is 0 Å². The molecule has 0 saturated heterocycles. The summed E-state index contributed by atoms with van der Waals surface area (Å²) in [6.45, 7) is 10.3. The lowest BCUT2D eigenvalue weighted by molar-refractivity contribution is -0.151. The van der Waals surface area contributed by atoms with E-state index in [-0.39, 0.29) is 11.1 Å². The number of ether oxygens (including phenoxy) is 4. The number of esters is 2. The minimum atomic E-state index is -1.68. The van der Waals surface area contributed by atoms with Gasteiger partial charge in [-0.15, -0.1) is 0 Å². The van der Waals surface area contributed by atoms with E-state index in [1.165, 1.54) is 48.5 Å². The van der Waals surface area contributed by atoms with Gasteiger partial charge >= 0.3 is 24.1 Å². The molecule has 0 aliphatic carbocycles. The van der Waals surface area contributed by atoms with Crippen LogP contribution < -0.4 is 21.3 Å². The number of carbonyl (C=O) groups excluding carboxylic acids is 6. The zero-order chi connectivity index (χ0) is 33.2. The van der Waals surface area contributed by atoms with Crippen molar-refractivity contribution < 1.29 is 47.7 Å². The van der Waals surface area contributed by atoms with Crippen LogP contribution in [0.2, 0.25) is 0 Å². The fourth-order valence-corrected chi connectivity index (χ4v) is 3.51. The van der Waals surface area contributed by atoms with E-state index in [4.69, 9.17) is 18.9 Å². The number of nitrogens with one attached hydrogen (secondary N) is 4. The van der Waals surface area contributed by atoms with Crippen LogP contribution in [-0.4, -0.2) is 73.4 Å². The molecule has 14 nitrogen and oxygen atoms in total. The first kappa shape index (κ1) is 35.1. The maximum absolute atomic E-state index is 13.0.